The molecule has 2 aliphatic carbocycles. The number of carbonyl (C=O) groups is 2. The third kappa shape index (κ3) is 4.64. The van der Waals surface area contributed by atoms with Crippen molar-refractivity contribution in [2.75, 3.05) is 19.6 Å². The standard InChI is InChI=1S/C32H38FN3O3/c1-30(2)20-35(29(38)32(4)12-6-5-7-13-32)16-17-36(30)28(37)26-19-25-27(39-26)23(31(3)14-15-31)18-24(34-25)21-8-10-22(33)11-9-21/h8-11,18-19H,5-7,12-17,20H2,1-4H3. The Labute approximate surface area is 229 Å². The van der Waals surface area contributed by atoms with Crippen LogP contribution in [0.25, 0.3) is 22.4 Å². The number of furan rings is 1. The van der Waals surface area contributed by atoms with Gasteiger partial charge in [0.25, 0.3) is 5.91 Å². The first-order valence-corrected chi connectivity index (χ1v) is 14.3. The van der Waals surface area contributed by atoms with Gasteiger partial charge in [0.2, 0.25) is 5.91 Å². The van der Waals surface area contributed by atoms with Crippen molar-refractivity contribution in [2.45, 2.75) is 83.6 Å². The molecule has 3 aliphatic rings. The summed E-state index contributed by atoms with van der Waals surface area (Å²) in [5.41, 5.74) is 3.06. The second-order valence-electron chi connectivity index (χ2n) is 13.1. The summed E-state index contributed by atoms with van der Waals surface area (Å²) >= 11 is 0. The number of benzene rings is 1. The van der Waals surface area contributed by atoms with E-state index in [-0.39, 0.29) is 34.2 Å². The molecule has 2 aromatic heterocycles. The second kappa shape index (κ2) is 9.17. The molecule has 7 heteroatoms. The number of halogens is 1. The Morgan fingerprint density at radius 2 is 1.62 bits per heavy atom. The van der Waals surface area contributed by atoms with Gasteiger partial charge in [-0.15, -0.1) is 0 Å². The van der Waals surface area contributed by atoms with Gasteiger partial charge in [-0.25, -0.2) is 9.37 Å². The highest BCUT2D eigenvalue weighted by Crippen LogP contribution is 2.51. The van der Waals surface area contributed by atoms with E-state index in [1.807, 2.05) is 29.7 Å². The summed E-state index contributed by atoms with van der Waals surface area (Å²) in [7, 11) is 0. The fourth-order valence-electron chi connectivity index (χ4n) is 6.57. The van der Waals surface area contributed by atoms with Gasteiger partial charge in [0.05, 0.1) is 11.2 Å². The first-order chi connectivity index (χ1) is 18.5. The van der Waals surface area contributed by atoms with Crippen molar-refractivity contribution in [3.05, 3.63) is 53.5 Å². The van der Waals surface area contributed by atoms with Gasteiger partial charge in [-0.3, -0.25) is 9.59 Å². The predicted molar refractivity (Wildman–Crippen MR) is 149 cm³/mol. The van der Waals surface area contributed by atoms with Crippen LogP contribution in [-0.4, -0.2) is 51.8 Å². The normalized spacial score (nSPS) is 21.7. The van der Waals surface area contributed by atoms with E-state index in [0.717, 1.165) is 55.3 Å². The molecule has 0 bridgehead atoms. The molecule has 39 heavy (non-hydrogen) atoms. The van der Waals surface area contributed by atoms with Gasteiger partial charge in [0.15, 0.2) is 11.3 Å². The molecule has 0 N–H and O–H groups in total. The highest BCUT2D eigenvalue weighted by Gasteiger charge is 2.45. The Morgan fingerprint density at radius 1 is 0.923 bits per heavy atom. The van der Waals surface area contributed by atoms with Gasteiger partial charge >= 0.3 is 0 Å². The van der Waals surface area contributed by atoms with Crippen molar-refractivity contribution in [2.24, 2.45) is 5.41 Å². The molecule has 0 radical (unpaired) electrons. The molecule has 0 spiro atoms. The molecule has 0 unspecified atom stereocenters. The molecule has 3 aromatic rings. The lowest BCUT2D eigenvalue weighted by molar-refractivity contribution is -0.147. The van der Waals surface area contributed by atoms with Gasteiger partial charge in [0, 0.05) is 42.2 Å². The fourth-order valence-corrected chi connectivity index (χ4v) is 6.57. The number of carbonyl (C=O) groups excluding carboxylic acids is 2. The maximum absolute atomic E-state index is 13.9. The topological polar surface area (TPSA) is 66.7 Å². The molecule has 2 amide bonds. The summed E-state index contributed by atoms with van der Waals surface area (Å²) in [6, 6.07) is 10.1. The van der Waals surface area contributed by atoms with Crippen LogP contribution >= 0.6 is 0 Å². The van der Waals surface area contributed by atoms with E-state index < -0.39 is 5.54 Å². The summed E-state index contributed by atoms with van der Waals surface area (Å²) in [4.78, 5) is 36.0. The smallest absolute Gasteiger partial charge is 0.290 e. The van der Waals surface area contributed by atoms with E-state index in [9.17, 15) is 14.0 Å². The van der Waals surface area contributed by atoms with Crippen LogP contribution in [0.1, 0.15) is 88.8 Å². The molecular formula is C32H38FN3O3. The first-order valence-electron chi connectivity index (χ1n) is 14.3. The van der Waals surface area contributed by atoms with E-state index in [1.165, 1.54) is 18.6 Å². The minimum Gasteiger partial charge on any atom is -0.449 e. The Bertz CT molecular complexity index is 1430. The molecule has 3 fully saturated rings. The summed E-state index contributed by atoms with van der Waals surface area (Å²) in [5.74, 6) is 0.0316. The van der Waals surface area contributed by atoms with Crippen LogP contribution in [0.3, 0.4) is 0 Å². The lowest BCUT2D eigenvalue weighted by Gasteiger charge is -2.49. The lowest BCUT2D eigenvalue weighted by atomic mass is 9.74. The Hall–Kier alpha value is -3.22. The number of nitrogens with zero attached hydrogens (tertiary/aromatic N) is 3. The number of pyridine rings is 1. The van der Waals surface area contributed by atoms with Crippen molar-refractivity contribution < 1.29 is 18.4 Å². The summed E-state index contributed by atoms with van der Waals surface area (Å²) in [6.45, 7) is 9.85. The SMILES string of the molecule is CC1(C(=O)N2CCN(C(=O)c3cc4nc(-c5ccc(F)cc5)cc(C5(C)CC5)c4o3)C(C)(C)C2)CCCCC1. The average Bonchev–Trinajstić information content (AvgIpc) is 3.51. The molecular weight excluding hydrogens is 493 g/mol. The second-order valence-corrected chi connectivity index (χ2v) is 13.1. The molecule has 3 heterocycles. The Kier molecular flexibility index (Phi) is 6.12. The largest absolute Gasteiger partial charge is 0.449 e. The zero-order valence-electron chi connectivity index (χ0n) is 23.5. The maximum atomic E-state index is 13.9. The average molecular weight is 532 g/mol. The van der Waals surface area contributed by atoms with Crippen LogP contribution < -0.4 is 0 Å². The predicted octanol–water partition coefficient (Wildman–Crippen LogP) is 6.72. The molecule has 1 aromatic carbocycles. The Morgan fingerprint density at radius 3 is 2.26 bits per heavy atom. The number of hydrogen-bond donors (Lipinski definition) is 0. The highest BCUT2D eigenvalue weighted by molar-refractivity contribution is 5.97. The molecule has 2 saturated carbocycles. The van der Waals surface area contributed by atoms with Crippen molar-refractivity contribution in [3.8, 4) is 11.3 Å². The monoisotopic (exact) mass is 531 g/mol. The fraction of sp³-hybridized carbons (Fsp3) is 0.531. The van der Waals surface area contributed by atoms with Crippen LogP contribution in [0.15, 0.2) is 40.8 Å². The van der Waals surface area contributed by atoms with E-state index in [0.29, 0.717) is 30.7 Å². The molecule has 6 rings (SSSR count). The Balaban J connectivity index is 1.28. The van der Waals surface area contributed by atoms with Gasteiger partial charge in [0.1, 0.15) is 11.3 Å². The van der Waals surface area contributed by atoms with Crippen molar-refractivity contribution in [3.63, 3.8) is 0 Å². The van der Waals surface area contributed by atoms with Gasteiger partial charge in [-0.05, 0) is 75.3 Å². The van der Waals surface area contributed by atoms with Crippen LogP contribution in [0.2, 0.25) is 0 Å². The lowest BCUT2D eigenvalue weighted by Crippen LogP contribution is -2.63. The third-order valence-corrected chi connectivity index (χ3v) is 9.39. The minimum atomic E-state index is -0.535. The van der Waals surface area contributed by atoms with E-state index in [4.69, 9.17) is 9.40 Å². The summed E-state index contributed by atoms with van der Waals surface area (Å²) in [5, 5.41) is 0. The quantitative estimate of drug-likeness (QED) is 0.375. The third-order valence-electron chi connectivity index (χ3n) is 9.39. The van der Waals surface area contributed by atoms with E-state index >= 15 is 0 Å². The number of piperazine rings is 1. The van der Waals surface area contributed by atoms with Crippen LogP contribution in [0, 0.1) is 11.2 Å². The molecule has 206 valence electrons. The number of aromatic nitrogens is 1. The van der Waals surface area contributed by atoms with Crippen molar-refractivity contribution in [1.29, 1.82) is 0 Å². The number of amides is 2. The minimum absolute atomic E-state index is 0.0192. The molecule has 0 atom stereocenters. The maximum Gasteiger partial charge on any atom is 0.290 e. The summed E-state index contributed by atoms with van der Waals surface area (Å²) in [6.07, 6.45) is 7.39. The van der Waals surface area contributed by atoms with Gasteiger partial charge in [-0.2, -0.15) is 0 Å². The van der Waals surface area contributed by atoms with E-state index in [1.54, 1.807) is 18.2 Å². The van der Waals surface area contributed by atoms with Crippen LogP contribution in [0.5, 0.6) is 0 Å². The molecule has 1 aliphatic heterocycles. The summed E-state index contributed by atoms with van der Waals surface area (Å²) < 4.78 is 19.8. The highest BCUT2D eigenvalue weighted by atomic mass is 19.1. The zero-order valence-corrected chi connectivity index (χ0v) is 23.5. The number of fused-ring (bicyclic) bond motifs is 1. The van der Waals surface area contributed by atoms with Gasteiger partial charge in [-0.1, -0.05) is 33.1 Å². The van der Waals surface area contributed by atoms with Crippen molar-refractivity contribution >= 4 is 22.9 Å². The van der Waals surface area contributed by atoms with Gasteiger partial charge < -0.3 is 14.2 Å². The number of rotatable bonds is 4. The van der Waals surface area contributed by atoms with Crippen molar-refractivity contribution in [1.82, 2.24) is 14.8 Å². The zero-order chi connectivity index (χ0) is 27.6. The molecule has 1 saturated heterocycles. The van der Waals surface area contributed by atoms with Crippen LogP contribution in [-0.2, 0) is 10.2 Å². The number of hydrogen-bond acceptors (Lipinski definition) is 4. The first kappa shape index (κ1) is 26.0. The molecule has 6 nitrogen and oxygen atoms in total. The van der Waals surface area contributed by atoms with E-state index in [2.05, 4.69) is 13.8 Å². The van der Waals surface area contributed by atoms with Crippen LogP contribution in [0.4, 0.5) is 4.39 Å².